The summed E-state index contributed by atoms with van der Waals surface area (Å²) in [6, 6.07) is 14.8. The van der Waals surface area contributed by atoms with Crippen LogP contribution >= 0.6 is 0 Å². The summed E-state index contributed by atoms with van der Waals surface area (Å²) in [7, 11) is 0. The van der Waals surface area contributed by atoms with Gasteiger partial charge in [-0.15, -0.1) is 0 Å². The largest absolute Gasteiger partial charge is 0.469 e. The van der Waals surface area contributed by atoms with E-state index in [-0.39, 0.29) is 0 Å². The van der Waals surface area contributed by atoms with E-state index < -0.39 is 0 Å². The molecule has 1 aromatic heterocycles. The third kappa shape index (κ3) is 5.14. The average Bonchev–Trinajstić information content (AvgIpc) is 2.96. The van der Waals surface area contributed by atoms with E-state index in [4.69, 9.17) is 4.42 Å². The van der Waals surface area contributed by atoms with E-state index in [1.807, 2.05) is 18.2 Å². The minimum Gasteiger partial charge on any atom is -0.469 e. The summed E-state index contributed by atoms with van der Waals surface area (Å²) in [6.45, 7) is 3.10. The quantitative estimate of drug-likeness (QED) is 0.811. The summed E-state index contributed by atoms with van der Waals surface area (Å²) in [5, 5.41) is 3.49. The minimum absolute atomic E-state index is 0.491. The molecule has 0 fully saturated rings. The Bertz CT molecular complexity index is 473. The monoisotopic (exact) mass is 255 g/mol. The Kier molecular flexibility index (Phi) is 5.45. The van der Waals surface area contributed by atoms with Crippen molar-refractivity contribution in [3.05, 3.63) is 66.1 Å². The predicted octanol–water partition coefficient (Wildman–Crippen LogP) is 3.90. The van der Waals surface area contributed by atoms with E-state index in [1.54, 1.807) is 6.26 Å². The number of hydrogen-bond donors (Lipinski definition) is 1. The Morgan fingerprint density at radius 1 is 1.16 bits per heavy atom. The number of furan rings is 1. The van der Waals surface area contributed by atoms with Gasteiger partial charge in [0.25, 0.3) is 0 Å². The highest BCUT2D eigenvalue weighted by atomic mass is 16.3. The molecule has 2 nitrogen and oxygen atoms in total. The highest BCUT2D eigenvalue weighted by molar-refractivity contribution is 5.48. The van der Waals surface area contributed by atoms with Crippen molar-refractivity contribution in [2.24, 2.45) is 0 Å². The molecular formula is C17H21NO. The molecule has 0 aliphatic rings. The zero-order valence-corrected chi connectivity index (χ0v) is 11.4. The van der Waals surface area contributed by atoms with Gasteiger partial charge in [0.1, 0.15) is 5.76 Å². The summed E-state index contributed by atoms with van der Waals surface area (Å²) < 4.78 is 5.33. The van der Waals surface area contributed by atoms with E-state index in [0.717, 1.165) is 25.1 Å². The second-order valence-electron chi connectivity index (χ2n) is 4.74. The van der Waals surface area contributed by atoms with Gasteiger partial charge < -0.3 is 9.73 Å². The number of rotatable bonds is 7. The Morgan fingerprint density at radius 2 is 2.00 bits per heavy atom. The van der Waals surface area contributed by atoms with Gasteiger partial charge >= 0.3 is 0 Å². The molecule has 0 spiro atoms. The van der Waals surface area contributed by atoms with Crippen LogP contribution in [0.4, 0.5) is 0 Å². The molecule has 2 heteroatoms. The standard InChI is InChI=1S/C17H21NO/c1-15(11-12-17-10-6-14-19-17)18-13-5-9-16-7-3-2-4-8-16/h2-10,14-15,18H,11-13H2,1H3/b9-5+. The van der Waals surface area contributed by atoms with E-state index in [0.29, 0.717) is 6.04 Å². The fraction of sp³-hybridized carbons (Fsp3) is 0.294. The van der Waals surface area contributed by atoms with Crippen molar-refractivity contribution < 1.29 is 4.42 Å². The highest BCUT2D eigenvalue weighted by Crippen LogP contribution is 2.05. The van der Waals surface area contributed by atoms with Gasteiger partial charge in [0.15, 0.2) is 0 Å². The first-order valence-corrected chi connectivity index (χ1v) is 6.82. The molecular weight excluding hydrogens is 234 g/mol. The zero-order chi connectivity index (χ0) is 13.3. The van der Waals surface area contributed by atoms with Crippen LogP contribution in [-0.4, -0.2) is 12.6 Å². The lowest BCUT2D eigenvalue weighted by Gasteiger charge is -2.10. The van der Waals surface area contributed by atoms with Crippen LogP contribution in [0.15, 0.2) is 59.2 Å². The fourth-order valence-corrected chi connectivity index (χ4v) is 1.94. The topological polar surface area (TPSA) is 25.2 Å². The van der Waals surface area contributed by atoms with Gasteiger partial charge in [-0.1, -0.05) is 42.5 Å². The number of aryl methyl sites for hydroxylation is 1. The molecule has 19 heavy (non-hydrogen) atoms. The summed E-state index contributed by atoms with van der Waals surface area (Å²) in [4.78, 5) is 0. The van der Waals surface area contributed by atoms with Crippen molar-refractivity contribution >= 4 is 6.08 Å². The molecule has 2 rings (SSSR count). The van der Waals surface area contributed by atoms with Gasteiger partial charge in [0.2, 0.25) is 0 Å². The maximum absolute atomic E-state index is 5.33. The van der Waals surface area contributed by atoms with Crippen LogP contribution < -0.4 is 5.32 Å². The van der Waals surface area contributed by atoms with Gasteiger partial charge in [0, 0.05) is 19.0 Å². The van der Waals surface area contributed by atoms with Crippen molar-refractivity contribution in [3.8, 4) is 0 Å². The first-order chi connectivity index (χ1) is 9.34. The lowest BCUT2D eigenvalue weighted by atomic mass is 10.1. The van der Waals surface area contributed by atoms with Crippen molar-refractivity contribution in [3.63, 3.8) is 0 Å². The number of hydrogen-bond acceptors (Lipinski definition) is 2. The number of nitrogens with one attached hydrogen (secondary N) is 1. The minimum atomic E-state index is 0.491. The van der Waals surface area contributed by atoms with E-state index in [2.05, 4.69) is 48.7 Å². The Hall–Kier alpha value is -1.80. The van der Waals surface area contributed by atoms with Crippen molar-refractivity contribution in [2.75, 3.05) is 6.54 Å². The zero-order valence-electron chi connectivity index (χ0n) is 11.4. The maximum atomic E-state index is 5.33. The van der Waals surface area contributed by atoms with Gasteiger partial charge in [-0.25, -0.2) is 0 Å². The van der Waals surface area contributed by atoms with Gasteiger partial charge in [-0.2, -0.15) is 0 Å². The van der Waals surface area contributed by atoms with Crippen molar-refractivity contribution in [1.82, 2.24) is 5.32 Å². The Morgan fingerprint density at radius 3 is 2.74 bits per heavy atom. The molecule has 1 atom stereocenters. The van der Waals surface area contributed by atoms with Gasteiger partial charge in [-0.3, -0.25) is 0 Å². The molecule has 0 amide bonds. The van der Waals surface area contributed by atoms with E-state index >= 15 is 0 Å². The lowest BCUT2D eigenvalue weighted by molar-refractivity contribution is 0.469. The smallest absolute Gasteiger partial charge is 0.103 e. The molecule has 0 aliphatic heterocycles. The van der Waals surface area contributed by atoms with Crippen LogP contribution in [0.2, 0.25) is 0 Å². The van der Waals surface area contributed by atoms with Crippen LogP contribution in [0.25, 0.3) is 6.08 Å². The van der Waals surface area contributed by atoms with Gasteiger partial charge in [0.05, 0.1) is 6.26 Å². The molecule has 0 aliphatic carbocycles. The fourth-order valence-electron chi connectivity index (χ4n) is 1.94. The van der Waals surface area contributed by atoms with Crippen LogP contribution in [0.1, 0.15) is 24.7 Å². The molecule has 0 saturated carbocycles. The average molecular weight is 255 g/mol. The molecule has 2 aromatic rings. The molecule has 1 aromatic carbocycles. The SMILES string of the molecule is CC(CCc1ccco1)NC/C=C/c1ccccc1. The third-order valence-electron chi connectivity index (χ3n) is 3.10. The van der Waals surface area contributed by atoms with Crippen LogP contribution in [0, 0.1) is 0 Å². The van der Waals surface area contributed by atoms with Gasteiger partial charge in [-0.05, 0) is 31.0 Å². The van der Waals surface area contributed by atoms with Crippen LogP contribution in [0.3, 0.4) is 0 Å². The predicted molar refractivity (Wildman–Crippen MR) is 80.0 cm³/mol. The molecule has 1 heterocycles. The molecule has 0 saturated heterocycles. The molecule has 1 N–H and O–H groups in total. The highest BCUT2D eigenvalue weighted by Gasteiger charge is 2.02. The molecule has 100 valence electrons. The molecule has 1 unspecified atom stereocenters. The molecule has 0 radical (unpaired) electrons. The van der Waals surface area contributed by atoms with Crippen molar-refractivity contribution in [2.45, 2.75) is 25.8 Å². The normalized spacial score (nSPS) is 12.9. The summed E-state index contributed by atoms with van der Waals surface area (Å²) in [6.07, 6.45) is 8.12. The Labute approximate surface area is 115 Å². The third-order valence-corrected chi connectivity index (χ3v) is 3.10. The number of benzene rings is 1. The summed E-state index contributed by atoms with van der Waals surface area (Å²) in [5.41, 5.74) is 1.24. The van der Waals surface area contributed by atoms with Crippen LogP contribution in [-0.2, 0) is 6.42 Å². The lowest BCUT2D eigenvalue weighted by Crippen LogP contribution is -2.26. The van der Waals surface area contributed by atoms with E-state index in [9.17, 15) is 0 Å². The van der Waals surface area contributed by atoms with Crippen molar-refractivity contribution in [1.29, 1.82) is 0 Å². The first-order valence-electron chi connectivity index (χ1n) is 6.82. The second kappa shape index (κ2) is 7.59. The summed E-state index contributed by atoms with van der Waals surface area (Å²) in [5.74, 6) is 1.06. The first kappa shape index (κ1) is 13.6. The Balaban J connectivity index is 1.64. The summed E-state index contributed by atoms with van der Waals surface area (Å²) >= 11 is 0. The second-order valence-corrected chi connectivity index (χ2v) is 4.74. The molecule has 0 bridgehead atoms. The maximum Gasteiger partial charge on any atom is 0.103 e. The van der Waals surface area contributed by atoms with Crippen LogP contribution in [0.5, 0.6) is 0 Å². The van der Waals surface area contributed by atoms with E-state index in [1.165, 1.54) is 5.56 Å².